The van der Waals surface area contributed by atoms with Gasteiger partial charge in [0.05, 0.1) is 13.1 Å². The minimum absolute atomic E-state index is 0.207. The minimum atomic E-state index is -0.207. The second-order valence-corrected chi connectivity index (χ2v) is 7.65. The van der Waals surface area contributed by atoms with Gasteiger partial charge in [-0.15, -0.1) is 10.2 Å². The van der Waals surface area contributed by atoms with Crippen LogP contribution in [0.4, 0.5) is 10.1 Å². The second kappa shape index (κ2) is 9.59. The lowest BCUT2D eigenvalue weighted by Gasteiger charge is -2.37. The molecular formula is C23H28FN7. The Morgan fingerprint density at radius 2 is 1.71 bits per heavy atom. The molecule has 1 aromatic heterocycles. The SMILES string of the molecule is Cc1nnc(CNC(=NCc2ccccc2)N2CCN(c3ccc(F)cc3)CC2)n1C. The van der Waals surface area contributed by atoms with Crippen LogP contribution >= 0.6 is 0 Å². The van der Waals surface area contributed by atoms with E-state index in [-0.39, 0.29) is 5.82 Å². The third kappa shape index (κ3) is 5.20. The van der Waals surface area contributed by atoms with Crippen molar-refractivity contribution in [3.8, 4) is 0 Å². The van der Waals surface area contributed by atoms with E-state index in [2.05, 4.69) is 37.4 Å². The predicted molar refractivity (Wildman–Crippen MR) is 120 cm³/mol. The fourth-order valence-electron chi connectivity index (χ4n) is 3.61. The standard InChI is InChI=1S/C23H28FN7/c1-18-27-28-22(29(18)2)17-26-23(25-16-19-6-4-3-5-7-19)31-14-12-30(13-15-31)21-10-8-20(24)9-11-21/h3-11H,12-17H2,1-2H3,(H,25,26). The van der Waals surface area contributed by atoms with Gasteiger partial charge >= 0.3 is 0 Å². The Kier molecular flexibility index (Phi) is 6.45. The van der Waals surface area contributed by atoms with Crippen molar-refractivity contribution >= 4 is 11.6 Å². The minimum Gasteiger partial charge on any atom is -0.368 e. The van der Waals surface area contributed by atoms with Gasteiger partial charge in [0.1, 0.15) is 11.6 Å². The van der Waals surface area contributed by atoms with Gasteiger partial charge in [0, 0.05) is 38.9 Å². The Hall–Kier alpha value is -3.42. The van der Waals surface area contributed by atoms with E-state index >= 15 is 0 Å². The van der Waals surface area contributed by atoms with Crippen LogP contribution in [0.25, 0.3) is 0 Å². The summed E-state index contributed by atoms with van der Waals surface area (Å²) >= 11 is 0. The molecule has 0 aliphatic carbocycles. The summed E-state index contributed by atoms with van der Waals surface area (Å²) in [6.07, 6.45) is 0. The van der Waals surface area contributed by atoms with E-state index in [0.717, 1.165) is 49.5 Å². The van der Waals surface area contributed by atoms with Crippen molar-refractivity contribution in [1.82, 2.24) is 25.0 Å². The lowest BCUT2D eigenvalue weighted by molar-refractivity contribution is 0.370. The average Bonchev–Trinajstić information content (AvgIpc) is 3.13. The van der Waals surface area contributed by atoms with E-state index < -0.39 is 0 Å². The first-order valence-electron chi connectivity index (χ1n) is 10.5. The third-order valence-electron chi connectivity index (χ3n) is 5.61. The summed E-state index contributed by atoms with van der Waals surface area (Å²) in [5, 5.41) is 11.9. The van der Waals surface area contributed by atoms with Crippen LogP contribution in [0.1, 0.15) is 17.2 Å². The highest BCUT2D eigenvalue weighted by Crippen LogP contribution is 2.17. The number of hydrogen-bond donors (Lipinski definition) is 1. The number of anilines is 1. The molecule has 0 unspecified atom stereocenters. The van der Waals surface area contributed by atoms with Crippen LogP contribution in [0.2, 0.25) is 0 Å². The fourth-order valence-corrected chi connectivity index (χ4v) is 3.61. The highest BCUT2D eigenvalue weighted by molar-refractivity contribution is 5.80. The van der Waals surface area contributed by atoms with Gasteiger partial charge in [0.15, 0.2) is 11.8 Å². The Morgan fingerprint density at radius 3 is 2.35 bits per heavy atom. The molecule has 0 amide bonds. The molecule has 8 heteroatoms. The van der Waals surface area contributed by atoms with Crippen molar-refractivity contribution in [3.05, 3.63) is 77.6 Å². The molecule has 2 aromatic carbocycles. The van der Waals surface area contributed by atoms with Crippen molar-refractivity contribution in [3.63, 3.8) is 0 Å². The maximum absolute atomic E-state index is 13.2. The van der Waals surface area contributed by atoms with Gasteiger partial charge in [-0.05, 0) is 36.8 Å². The van der Waals surface area contributed by atoms with E-state index in [0.29, 0.717) is 13.1 Å². The predicted octanol–water partition coefficient (Wildman–Crippen LogP) is 2.73. The summed E-state index contributed by atoms with van der Waals surface area (Å²) in [6.45, 7) is 6.46. The van der Waals surface area contributed by atoms with Crippen molar-refractivity contribution in [2.75, 3.05) is 31.1 Å². The molecule has 0 atom stereocenters. The fraction of sp³-hybridized carbons (Fsp3) is 0.348. The molecule has 1 aliphatic heterocycles. The number of aromatic nitrogens is 3. The van der Waals surface area contributed by atoms with Gasteiger partial charge in [0.25, 0.3) is 0 Å². The van der Waals surface area contributed by atoms with Crippen LogP contribution in [-0.4, -0.2) is 51.8 Å². The van der Waals surface area contributed by atoms with Crippen molar-refractivity contribution in [1.29, 1.82) is 0 Å². The Bertz CT molecular complexity index is 1010. The van der Waals surface area contributed by atoms with Crippen LogP contribution in [0, 0.1) is 12.7 Å². The van der Waals surface area contributed by atoms with Crippen LogP contribution in [0.15, 0.2) is 59.6 Å². The number of piperazine rings is 1. The molecule has 0 bridgehead atoms. The van der Waals surface area contributed by atoms with Crippen molar-refractivity contribution in [2.45, 2.75) is 20.0 Å². The first-order valence-corrected chi connectivity index (χ1v) is 10.5. The van der Waals surface area contributed by atoms with Crippen molar-refractivity contribution in [2.24, 2.45) is 12.0 Å². The van der Waals surface area contributed by atoms with E-state index in [1.165, 1.54) is 17.7 Å². The van der Waals surface area contributed by atoms with Crippen LogP contribution in [-0.2, 0) is 20.1 Å². The van der Waals surface area contributed by atoms with Gasteiger partial charge in [0.2, 0.25) is 0 Å². The Morgan fingerprint density at radius 1 is 1.00 bits per heavy atom. The summed E-state index contributed by atoms with van der Waals surface area (Å²) in [5.74, 6) is 2.41. The molecule has 1 N–H and O–H groups in total. The highest BCUT2D eigenvalue weighted by Gasteiger charge is 2.20. The molecule has 2 heterocycles. The highest BCUT2D eigenvalue weighted by atomic mass is 19.1. The smallest absolute Gasteiger partial charge is 0.194 e. The topological polar surface area (TPSA) is 61.6 Å². The van der Waals surface area contributed by atoms with Gasteiger partial charge < -0.3 is 19.7 Å². The summed E-state index contributed by atoms with van der Waals surface area (Å²) < 4.78 is 15.2. The van der Waals surface area contributed by atoms with E-state index in [9.17, 15) is 4.39 Å². The maximum atomic E-state index is 13.2. The van der Waals surface area contributed by atoms with E-state index in [4.69, 9.17) is 4.99 Å². The maximum Gasteiger partial charge on any atom is 0.194 e. The van der Waals surface area contributed by atoms with Crippen LogP contribution < -0.4 is 10.2 Å². The van der Waals surface area contributed by atoms with Gasteiger partial charge in [-0.3, -0.25) is 0 Å². The average molecular weight is 422 g/mol. The van der Waals surface area contributed by atoms with Crippen LogP contribution in [0.3, 0.4) is 0 Å². The quantitative estimate of drug-likeness (QED) is 0.507. The van der Waals surface area contributed by atoms with Crippen LogP contribution in [0.5, 0.6) is 0 Å². The normalized spacial score (nSPS) is 14.7. The van der Waals surface area contributed by atoms with Gasteiger partial charge in [-0.1, -0.05) is 30.3 Å². The molecule has 1 saturated heterocycles. The van der Waals surface area contributed by atoms with Gasteiger partial charge in [-0.25, -0.2) is 9.38 Å². The number of benzene rings is 2. The molecule has 1 aliphatic rings. The molecule has 0 spiro atoms. The number of hydrogen-bond acceptors (Lipinski definition) is 4. The largest absolute Gasteiger partial charge is 0.368 e. The number of nitrogens with zero attached hydrogens (tertiary/aromatic N) is 6. The third-order valence-corrected chi connectivity index (χ3v) is 5.61. The number of rotatable bonds is 5. The number of guanidine groups is 1. The Labute approximate surface area is 182 Å². The second-order valence-electron chi connectivity index (χ2n) is 7.65. The zero-order valence-corrected chi connectivity index (χ0v) is 18.0. The zero-order valence-electron chi connectivity index (χ0n) is 18.0. The van der Waals surface area contributed by atoms with E-state index in [1.807, 2.05) is 48.9 Å². The van der Waals surface area contributed by atoms with Crippen molar-refractivity contribution < 1.29 is 4.39 Å². The molecular weight excluding hydrogens is 393 g/mol. The number of aliphatic imine (C=N–C) groups is 1. The van der Waals surface area contributed by atoms with E-state index in [1.54, 1.807) is 0 Å². The molecule has 0 saturated carbocycles. The van der Waals surface area contributed by atoms with Gasteiger partial charge in [-0.2, -0.15) is 0 Å². The molecule has 162 valence electrons. The molecule has 1 fully saturated rings. The molecule has 3 aromatic rings. The zero-order chi connectivity index (χ0) is 21.6. The number of nitrogens with one attached hydrogen (secondary N) is 1. The summed E-state index contributed by atoms with van der Waals surface area (Å²) in [5.41, 5.74) is 2.22. The summed E-state index contributed by atoms with van der Waals surface area (Å²) in [6, 6.07) is 16.9. The lowest BCUT2D eigenvalue weighted by atomic mass is 10.2. The monoisotopic (exact) mass is 421 g/mol. The summed E-state index contributed by atoms with van der Waals surface area (Å²) in [7, 11) is 1.97. The molecule has 0 radical (unpaired) electrons. The molecule has 4 rings (SSSR count). The first-order chi connectivity index (χ1) is 15.1. The number of halogens is 1. The molecule has 7 nitrogen and oxygen atoms in total. The number of aryl methyl sites for hydroxylation is 1. The lowest BCUT2D eigenvalue weighted by Crippen LogP contribution is -2.52. The first kappa shape index (κ1) is 20.8. The molecule has 31 heavy (non-hydrogen) atoms. The summed E-state index contributed by atoms with van der Waals surface area (Å²) in [4.78, 5) is 9.43. The Balaban J connectivity index is 1.44.